The summed E-state index contributed by atoms with van der Waals surface area (Å²) in [6.45, 7) is 3.63. The van der Waals surface area contributed by atoms with E-state index in [0.29, 0.717) is 5.75 Å². The Kier molecular flexibility index (Phi) is 2.12. The second-order valence-corrected chi connectivity index (χ2v) is 4.98. The third-order valence-electron chi connectivity index (χ3n) is 2.15. The summed E-state index contributed by atoms with van der Waals surface area (Å²) in [6.07, 6.45) is 0. The lowest BCUT2D eigenvalue weighted by molar-refractivity contribution is -0.113. The molecule has 0 bridgehead atoms. The highest BCUT2D eigenvalue weighted by molar-refractivity contribution is 8.20. The van der Waals surface area contributed by atoms with Gasteiger partial charge in [-0.25, -0.2) is 0 Å². The van der Waals surface area contributed by atoms with Gasteiger partial charge in [0.2, 0.25) is 5.12 Å². The van der Waals surface area contributed by atoms with Crippen molar-refractivity contribution >= 4 is 34.4 Å². The number of Topliss-reactive ketones (excluding diaryl/α,β-unsaturated/α-hetero) is 1. The van der Waals surface area contributed by atoms with Crippen LogP contribution in [0.1, 0.15) is 13.8 Å². The second kappa shape index (κ2) is 3.03. The molecule has 0 aromatic rings. The quantitative estimate of drug-likeness (QED) is 0.616. The van der Waals surface area contributed by atoms with Crippen molar-refractivity contribution < 1.29 is 9.59 Å². The number of rotatable bonds is 0. The fraction of sp³-hybridized carbons (Fsp3) is 0.333. The molecular formula is C9H8O2S2. The number of thioether (sulfide) groups is 2. The molecule has 68 valence electrons. The maximum Gasteiger partial charge on any atom is 0.221 e. The van der Waals surface area contributed by atoms with Gasteiger partial charge < -0.3 is 0 Å². The number of fused-ring (bicyclic) bond motifs is 1. The third-order valence-corrected chi connectivity index (χ3v) is 4.69. The predicted octanol–water partition coefficient (Wildman–Crippen LogP) is 2.12. The van der Waals surface area contributed by atoms with Crippen LogP contribution in [0, 0.1) is 0 Å². The minimum Gasteiger partial charge on any atom is -0.294 e. The van der Waals surface area contributed by atoms with Gasteiger partial charge in [0.25, 0.3) is 0 Å². The molecule has 0 atom stereocenters. The molecule has 2 aliphatic heterocycles. The van der Waals surface area contributed by atoms with Crippen LogP contribution in [0.4, 0.5) is 0 Å². The predicted molar refractivity (Wildman–Crippen MR) is 55.5 cm³/mol. The van der Waals surface area contributed by atoms with E-state index in [9.17, 15) is 9.59 Å². The Balaban J connectivity index is 2.58. The van der Waals surface area contributed by atoms with Gasteiger partial charge in [-0.05, 0) is 25.6 Å². The molecule has 4 heteroatoms. The summed E-state index contributed by atoms with van der Waals surface area (Å²) in [4.78, 5) is 24.6. The van der Waals surface area contributed by atoms with Crippen molar-refractivity contribution in [2.45, 2.75) is 13.8 Å². The Morgan fingerprint density at radius 3 is 2.46 bits per heavy atom. The van der Waals surface area contributed by atoms with E-state index in [-0.39, 0.29) is 10.9 Å². The lowest BCUT2D eigenvalue weighted by Gasteiger charge is -2.13. The van der Waals surface area contributed by atoms with Crippen molar-refractivity contribution in [1.82, 2.24) is 0 Å². The van der Waals surface area contributed by atoms with Crippen molar-refractivity contribution in [2.24, 2.45) is 0 Å². The molecule has 0 aliphatic carbocycles. The number of hydrogen-bond acceptors (Lipinski definition) is 4. The van der Waals surface area contributed by atoms with E-state index in [1.165, 1.54) is 23.5 Å². The van der Waals surface area contributed by atoms with Crippen molar-refractivity contribution in [1.29, 1.82) is 0 Å². The van der Waals surface area contributed by atoms with Gasteiger partial charge in [0.15, 0.2) is 5.78 Å². The van der Waals surface area contributed by atoms with Gasteiger partial charge >= 0.3 is 0 Å². The standard InChI is InChI=1S/C9H8O2S2/c1-4-6(10)3-12-7-5(2)9(11)13-8(4)7/h3H2,1-2H3. The van der Waals surface area contributed by atoms with Crippen molar-refractivity contribution in [3.63, 3.8) is 0 Å². The van der Waals surface area contributed by atoms with Crippen LogP contribution in [0.5, 0.6) is 0 Å². The molecule has 0 aromatic heterocycles. The molecule has 0 saturated carbocycles. The number of carbonyl (C=O) groups excluding carboxylic acids is 2. The number of hydrogen-bond donors (Lipinski definition) is 0. The normalized spacial score (nSPS) is 22.9. The molecule has 2 nitrogen and oxygen atoms in total. The zero-order valence-electron chi connectivity index (χ0n) is 7.34. The maximum absolute atomic E-state index is 11.3. The van der Waals surface area contributed by atoms with Crippen LogP contribution >= 0.6 is 23.5 Å². The monoisotopic (exact) mass is 212 g/mol. The molecule has 2 aliphatic rings. The van der Waals surface area contributed by atoms with E-state index in [1.807, 2.05) is 6.92 Å². The summed E-state index contributed by atoms with van der Waals surface area (Å²) < 4.78 is 0. The molecule has 13 heavy (non-hydrogen) atoms. The van der Waals surface area contributed by atoms with Crippen LogP contribution < -0.4 is 0 Å². The average Bonchev–Trinajstić information content (AvgIpc) is 2.38. The van der Waals surface area contributed by atoms with Gasteiger partial charge in [-0.2, -0.15) is 0 Å². The first kappa shape index (κ1) is 9.09. The highest BCUT2D eigenvalue weighted by atomic mass is 32.2. The first-order chi connectivity index (χ1) is 6.11. The summed E-state index contributed by atoms with van der Waals surface area (Å²) in [5.41, 5.74) is 1.56. The SMILES string of the molecule is CC1=C2SC(=O)C(C)=C2SCC1=O. The zero-order valence-corrected chi connectivity index (χ0v) is 8.97. The summed E-state index contributed by atoms with van der Waals surface area (Å²) in [7, 11) is 0. The third kappa shape index (κ3) is 1.28. The molecule has 2 rings (SSSR count). The van der Waals surface area contributed by atoms with Gasteiger partial charge in [-0.15, -0.1) is 11.8 Å². The molecule has 2 heterocycles. The topological polar surface area (TPSA) is 34.1 Å². The van der Waals surface area contributed by atoms with Gasteiger partial charge in [0, 0.05) is 21.0 Å². The Hall–Kier alpha value is -0.480. The molecule has 0 N–H and O–H groups in total. The highest BCUT2D eigenvalue weighted by Crippen LogP contribution is 2.47. The number of ketones is 1. The largest absolute Gasteiger partial charge is 0.294 e. The fourth-order valence-corrected chi connectivity index (χ4v) is 3.68. The van der Waals surface area contributed by atoms with Crippen LogP contribution in [0.15, 0.2) is 21.0 Å². The Morgan fingerprint density at radius 2 is 1.77 bits per heavy atom. The van der Waals surface area contributed by atoms with Gasteiger partial charge in [-0.1, -0.05) is 0 Å². The van der Waals surface area contributed by atoms with Crippen LogP contribution in [0.25, 0.3) is 0 Å². The Labute approximate surface area is 84.8 Å². The van der Waals surface area contributed by atoms with Crippen LogP contribution in [-0.4, -0.2) is 16.7 Å². The van der Waals surface area contributed by atoms with Crippen molar-refractivity contribution in [3.8, 4) is 0 Å². The van der Waals surface area contributed by atoms with Gasteiger partial charge in [0.1, 0.15) is 0 Å². The Morgan fingerprint density at radius 1 is 1.08 bits per heavy atom. The maximum atomic E-state index is 11.3. The number of carbonyl (C=O) groups is 2. The van der Waals surface area contributed by atoms with Crippen molar-refractivity contribution in [3.05, 3.63) is 21.0 Å². The summed E-state index contributed by atoms with van der Waals surface area (Å²) in [6, 6.07) is 0. The second-order valence-electron chi connectivity index (χ2n) is 3.01. The molecule has 0 unspecified atom stereocenters. The van der Waals surface area contributed by atoms with Gasteiger partial charge in [-0.3, -0.25) is 9.59 Å². The first-order valence-electron chi connectivity index (χ1n) is 3.91. The molecule has 0 saturated heterocycles. The van der Waals surface area contributed by atoms with Crippen LogP contribution in [0.3, 0.4) is 0 Å². The van der Waals surface area contributed by atoms with E-state index >= 15 is 0 Å². The van der Waals surface area contributed by atoms with Gasteiger partial charge in [0.05, 0.1) is 5.75 Å². The minimum atomic E-state index is 0.0894. The van der Waals surface area contributed by atoms with E-state index in [0.717, 1.165) is 21.0 Å². The highest BCUT2D eigenvalue weighted by Gasteiger charge is 2.32. The van der Waals surface area contributed by atoms with Crippen molar-refractivity contribution in [2.75, 3.05) is 5.75 Å². The van der Waals surface area contributed by atoms with E-state index in [1.54, 1.807) is 6.92 Å². The summed E-state index contributed by atoms with van der Waals surface area (Å²) in [5, 5.41) is 0.0894. The molecule has 0 aromatic carbocycles. The minimum absolute atomic E-state index is 0.0894. The lowest BCUT2D eigenvalue weighted by Crippen LogP contribution is -2.10. The average molecular weight is 212 g/mol. The Bertz CT molecular complexity index is 377. The lowest BCUT2D eigenvalue weighted by atomic mass is 10.1. The smallest absolute Gasteiger partial charge is 0.221 e. The molecule has 0 spiro atoms. The zero-order chi connectivity index (χ0) is 9.59. The summed E-state index contributed by atoms with van der Waals surface area (Å²) >= 11 is 2.68. The summed E-state index contributed by atoms with van der Waals surface area (Å²) in [5.74, 6) is 0.634. The number of allylic oxidation sites excluding steroid dienone is 1. The van der Waals surface area contributed by atoms with E-state index in [2.05, 4.69) is 0 Å². The van der Waals surface area contributed by atoms with Crippen LogP contribution in [0.2, 0.25) is 0 Å². The molecule has 0 amide bonds. The van der Waals surface area contributed by atoms with Crippen LogP contribution in [-0.2, 0) is 9.59 Å². The fourth-order valence-electron chi connectivity index (χ4n) is 1.27. The van der Waals surface area contributed by atoms with E-state index < -0.39 is 0 Å². The van der Waals surface area contributed by atoms with E-state index in [4.69, 9.17) is 0 Å². The molecule has 0 radical (unpaired) electrons. The first-order valence-corrected chi connectivity index (χ1v) is 5.71. The molecule has 0 fully saturated rings. The molecular weight excluding hydrogens is 204 g/mol.